The minimum absolute atomic E-state index is 0.0745. The Morgan fingerprint density at radius 2 is 2.10 bits per heavy atom. The van der Waals surface area contributed by atoms with E-state index in [1.807, 2.05) is 11.8 Å². The maximum atomic E-state index is 12.5. The number of nitrogens with one attached hydrogen (secondary N) is 2. The molecule has 114 valence electrons. The average molecular weight is 304 g/mol. The lowest BCUT2D eigenvalue weighted by atomic mass is 9.93. The highest BCUT2D eigenvalue weighted by Gasteiger charge is 2.28. The van der Waals surface area contributed by atoms with Gasteiger partial charge in [0, 0.05) is 17.8 Å². The fourth-order valence-electron chi connectivity index (χ4n) is 3.43. The Hall–Kier alpha value is -1.00. The summed E-state index contributed by atoms with van der Waals surface area (Å²) < 4.78 is 0. The van der Waals surface area contributed by atoms with Crippen molar-refractivity contribution in [1.29, 1.82) is 0 Å². The third kappa shape index (κ3) is 3.61. The van der Waals surface area contributed by atoms with Crippen LogP contribution in [0.25, 0.3) is 0 Å². The van der Waals surface area contributed by atoms with Gasteiger partial charge in [0.1, 0.15) is 0 Å². The van der Waals surface area contributed by atoms with Crippen LogP contribution in [-0.4, -0.2) is 29.5 Å². The van der Waals surface area contributed by atoms with Crippen LogP contribution in [0.4, 0.5) is 0 Å². The average Bonchev–Trinajstić information content (AvgIpc) is 2.54. The van der Waals surface area contributed by atoms with Crippen LogP contribution in [0, 0.1) is 0 Å². The van der Waals surface area contributed by atoms with E-state index in [9.17, 15) is 4.79 Å². The first-order chi connectivity index (χ1) is 10.3. The Kier molecular flexibility index (Phi) is 4.86. The number of rotatable bonds is 3. The summed E-state index contributed by atoms with van der Waals surface area (Å²) in [4.78, 5) is 12.5. The van der Waals surface area contributed by atoms with Gasteiger partial charge in [0.15, 0.2) is 0 Å². The Labute approximate surface area is 131 Å². The predicted molar refractivity (Wildman–Crippen MR) is 88.5 cm³/mol. The number of amides is 1. The SMILES string of the molecule is CSC1CCCC(NC(=O)[C@@H]2Cc3ccccc3CN2)C1. The standard InChI is InChI=1S/C17H24N2OS/c1-21-15-8-4-7-14(10-15)19-17(20)16-9-12-5-2-3-6-13(12)11-18-16/h2-3,5-6,14-16,18H,4,7-11H2,1H3,(H,19,20)/t14?,15?,16-/m0/s1. The number of fused-ring (bicyclic) bond motifs is 1. The van der Waals surface area contributed by atoms with Crippen LogP contribution < -0.4 is 10.6 Å². The van der Waals surface area contributed by atoms with Gasteiger partial charge < -0.3 is 10.6 Å². The zero-order valence-corrected chi connectivity index (χ0v) is 13.4. The smallest absolute Gasteiger partial charge is 0.237 e. The van der Waals surface area contributed by atoms with Gasteiger partial charge in [-0.25, -0.2) is 0 Å². The summed E-state index contributed by atoms with van der Waals surface area (Å²) >= 11 is 1.94. The molecular formula is C17H24N2OS. The van der Waals surface area contributed by atoms with Gasteiger partial charge in [-0.1, -0.05) is 30.7 Å². The van der Waals surface area contributed by atoms with Crippen molar-refractivity contribution < 1.29 is 4.79 Å². The number of carbonyl (C=O) groups is 1. The predicted octanol–water partition coefficient (Wildman–Crippen LogP) is 2.49. The van der Waals surface area contributed by atoms with Crippen LogP contribution in [0.5, 0.6) is 0 Å². The second-order valence-corrected chi connectivity index (χ2v) is 7.27. The van der Waals surface area contributed by atoms with Crippen LogP contribution in [0.1, 0.15) is 36.8 Å². The van der Waals surface area contributed by atoms with Crippen LogP contribution in [-0.2, 0) is 17.8 Å². The van der Waals surface area contributed by atoms with E-state index in [0.717, 1.165) is 25.8 Å². The van der Waals surface area contributed by atoms with Gasteiger partial charge in [-0.05, 0) is 43.1 Å². The number of benzene rings is 1. The van der Waals surface area contributed by atoms with E-state index in [-0.39, 0.29) is 11.9 Å². The van der Waals surface area contributed by atoms with E-state index in [1.54, 1.807) is 0 Å². The molecule has 21 heavy (non-hydrogen) atoms. The van der Waals surface area contributed by atoms with E-state index in [4.69, 9.17) is 0 Å². The van der Waals surface area contributed by atoms with Crippen LogP contribution in [0.15, 0.2) is 24.3 Å². The van der Waals surface area contributed by atoms with Crippen molar-refractivity contribution in [2.24, 2.45) is 0 Å². The molecule has 4 heteroatoms. The van der Waals surface area contributed by atoms with Gasteiger partial charge in [-0.2, -0.15) is 11.8 Å². The van der Waals surface area contributed by atoms with E-state index < -0.39 is 0 Å². The van der Waals surface area contributed by atoms with Gasteiger partial charge in [0.2, 0.25) is 5.91 Å². The van der Waals surface area contributed by atoms with E-state index in [0.29, 0.717) is 11.3 Å². The van der Waals surface area contributed by atoms with Crippen LogP contribution in [0.3, 0.4) is 0 Å². The molecule has 0 aromatic heterocycles. The second-order valence-electron chi connectivity index (χ2n) is 6.14. The molecule has 0 radical (unpaired) electrons. The fourth-order valence-corrected chi connectivity index (χ4v) is 4.26. The lowest BCUT2D eigenvalue weighted by molar-refractivity contribution is -0.124. The first-order valence-corrected chi connectivity index (χ1v) is 9.18. The summed E-state index contributed by atoms with van der Waals surface area (Å²) in [5.74, 6) is 0.177. The maximum Gasteiger partial charge on any atom is 0.237 e. The maximum absolute atomic E-state index is 12.5. The molecule has 2 N–H and O–H groups in total. The van der Waals surface area contributed by atoms with Crippen molar-refractivity contribution in [3.05, 3.63) is 35.4 Å². The first kappa shape index (κ1) is 14.9. The third-order valence-corrected chi connectivity index (χ3v) is 5.80. The Morgan fingerprint density at radius 1 is 1.29 bits per heavy atom. The Bertz CT molecular complexity index is 505. The zero-order chi connectivity index (χ0) is 14.7. The largest absolute Gasteiger partial charge is 0.352 e. The highest BCUT2D eigenvalue weighted by Crippen LogP contribution is 2.27. The molecule has 1 amide bonds. The summed E-state index contributed by atoms with van der Waals surface area (Å²) in [6, 6.07) is 8.69. The number of hydrogen-bond acceptors (Lipinski definition) is 3. The molecule has 0 spiro atoms. The van der Waals surface area contributed by atoms with E-state index in [2.05, 4.69) is 41.2 Å². The molecule has 0 saturated heterocycles. The number of hydrogen-bond donors (Lipinski definition) is 2. The van der Waals surface area contributed by atoms with Gasteiger partial charge in [-0.3, -0.25) is 4.79 Å². The highest BCUT2D eigenvalue weighted by molar-refractivity contribution is 7.99. The Morgan fingerprint density at radius 3 is 2.90 bits per heavy atom. The van der Waals surface area contributed by atoms with Gasteiger partial charge in [0.25, 0.3) is 0 Å². The van der Waals surface area contributed by atoms with Gasteiger partial charge in [0.05, 0.1) is 6.04 Å². The van der Waals surface area contributed by atoms with Crippen LogP contribution >= 0.6 is 11.8 Å². The van der Waals surface area contributed by atoms with Crippen LogP contribution in [0.2, 0.25) is 0 Å². The summed E-state index contributed by atoms with van der Waals surface area (Å²) in [5, 5.41) is 7.35. The molecule has 1 aliphatic carbocycles. The lowest BCUT2D eigenvalue weighted by Crippen LogP contribution is -2.51. The van der Waals surface area contributed by atoms with E-state index >= 15 is 0 Å². The second kappa shape index (κ2) is 6.84. The molecule has 1 fully saturated rings. The van der Waals surface area contributed by atoms with Crippen molar-refractivity contribution in [2.45, 2.75) is 56.0 Å². The minimum atomic E-state index is -0.0745. The fraction of sp³-hybridized carbons (Fsp3) is 0.588. The monoisotopic (exact) mass is 304 g/mol. The van der Waals surface area contributed by atoms with Gasteiger partial charge >= 0.3 is 0 Å². The normalized spacial score (nSPS) is 28.7. The first-order valence-electron chi connectivity index (χ1n) is 7.89. The molecule has 3 nitrogen and oxygen atoms in total. The molecule has 1 aromatic rings. The zero-order valence-electron chi connectivity index (χ0n) is 12.6. The topological polar surface area (TPSA) is 41.1 Å². The number of carbonyl (C=O) groups excluding carboxylic acids is 1. The highest BCUT2D eigenvalue weighted by atomic mass is 32.2. The lowest BCUT2D eigenvalue weighted by Gasteiger charge is -2.31. The minimum Gasteiger partial charge on any atom is -0.352 e. The van der Waals surface area contributed by atoms with Crippen molar-refractivity contribution in [1.82, 2.24) is 10.6 Å². The molecule has 3 atom stereocenters. The molecular weight excluding hydrogens is 280 g/mol. The summed E-state index contributed by atoms with van der Waals surface area (Å²) in [6.07, 6.45) is 7.76. The molecule has 1 aliphatic heterocycles. The van der Waals surface area contributed by atoms with E-state index in [1.165, 1.54) is 24.0 Å². The molecule has 1 heterocycles. The molecule has 2 unspecified atom stereocenters. The Balaban J connectivity index is 1.57. The van der Waals surface area contributed by atoms with Crippen molar-refractivity contribution >= 4 is 17.7 Å². The van der Waals surface area contributed by atoms with Crippen molar-refractivity contribution in [2.75, 3.05) is 6.26 Å². The van der Waals surface area contributed by atoms with Crippen molar-refractivity contribution in [3.63, 3.8) is 0 Å². The summed E-state index contributed by atoms with van der Waals surface area (Å²) in [6.45, 7) is 0.798. The molecule has 1 aromatic carbocycles. The van der Waals surface area contributed by atoms with Crippen molar-refractivity contribution in [3.8, 4) is 0 Å². The number of thioether (sulfide) groups is 1. The molecule has 0 bridgehead atoms. The summed E-state index contributed by atoms with van der Waals surface area (Å²) in [7, 11) is 0. The molecule has 3 rings (SSSR count). The molecule has 1 saturated carbocycles. The molecule has 2 aliphatic rings. The van der Waals surface area contributed by atoms with Gasteiger partial charge in [-0.15, -0.1) is 0 Å². The summed E-state index contributed by atoms with van der Waals surface area (Å²) in [5.41, 5.74) is 2.63. The third-order valence-electron chi connectivity index (χ3n) is 4.70. The quantitative estimate of drug-likeness (QED) is 0.901.